The molecule has 1 aliphatic rings. The second-order valence-electron chi connectivity index (χ2n) is 3.36. The number of nitrogens with two attached hydrogens (primary N) is 1. The van der Waals surface area contributed by atoms with E-state index in [1.54, 1.807) is 0 Å². The molecular formula is C10H13N5O4. The van der Waals surface area contributed by atoms with Crippen molar-refractivity contribution in [3.05, 3.63) is 12.6 Å². The summed E-state index contributed by atoms with van der Waals surface area (Å²) in [7, 11) is 0. The van der Waals surface area contributed by atoms with Crippen molar-refractivity contribution in [3.8, 4) is 0 Å². The summed E-state index contributed by atoms with van der Waals surface area (Å²) in [6, 6.07) is 0. The number of fused-ring (bicyclic) bond motifs is 1. The minimum atomic E-state index is -3.73. The standard InChI is InChI=1S/C10H13N5O4/c11-8-5-9(13-2-12-8)15(3-14-5)10-7(18)6(17)4(1-16)19-10/h2-4,6-7,10,16-18H,1H2,(H2,11,12,13)/t4-,6?,7-,10-/m1/s1/i1D2,2D,3D,4D,6D,7D,10D,16D,17D,18D/hD2. The normalized spacial score (nSPS) is 56.7. The average molecular weight is 280 g/mol. The maximum atomic E-state index is 8.67. The fourth-order valence-corrected chi connectivity index (χ4v) is 1.47. The number of aromatic nitrogens is 4. The molecule has 0 radical (unpaired) electrons. The molecule has 3 rings (SSSR count). The van der Waals surface area contributed by atoms with Gasteiger partial charge in [-0.15, -0.1) is 0 Å². The van der Waals surface area contributed by atoms with E-state index in [0.717, 1.165) is 0 Å². The molecular weight excluding hydrogens is 254 g/mol. The zero-order valence-corrected chi connectivity index (χ0v) is 8.87. The zero-order chi connectivity index (χ0) is 24.5. The zero-order valence-electron chi connectivity index (χ0n) is 21.9. The van der Waals surface area contributed by atoms with Gasteiger partial charge >= 0.3 is 0 Å². The molecule has 0 spiro atoms. The van der Waals surface area contributed by atoms with Crippen molar-refractivity contribution in [2.75, 3.05) is 12.3 Å². The second kappa shape index (κ2) is 4.38. The van der Waals surface area contributed by atoms with Crippen LogP contribution in [0.2, 0.25) is 2.82 Å². The van der Waals surface area contributed by atoms with Gasteiger partial charge in [0.1, 0.15) is 32.8 Å². The van der Waals surface area contributed by atoms with Crippen LogP contribution in [0, 0.1) is 0 Å². The second-order valence-corrected chi connectivity index (χ2v) is 3.36. The Kier molecular flexibility index (Phi) is 1.00. The van der Waals surface area contributed by atoms with Gasteiger partial charge in [-0.25, -0.2) is 15.0 Å². The lowest BCUT2D eigenvalue weighted by Crippen LogP contribution is -2.33. The number of nitrogen functional groups attached to an aromatic ring is 1. The number of ether oxygens (including phenoxy) is 1. The van der Waals surface area contributed by atoms with Crippen LogP contribution in [0.3, 0.4) is 0 Å². The fourth-order valence-electron chi connectivity index (χ4n) is 1.47. The molecule has 1 unspecified atom stereocenters. The van der Waals surface area contributed by atoms with Crippen LogP contribution in [0.25, 0.3) is 11.2 Å². The lowest BCUT2D eigenvalue weighted by molar-refractivity contribution is -0.0511. The molecule has 1 aliphatic heterocycles. The van der Waals surface area contributed by atoms with Crippen molar-refractivity contribution in [1.29, 1.82) is 4.29 Å². The van der Waals surface area contributed by atoms with Gasteiger partial charge in [-0.2, -0.15) is 0 Å². The molecule has 9 nitrogen and oxygen atoms in total. The third-order valence-electron chi connectivity index (χ3n) is 2.31. The Hall–Kier alpha value is -1.81. The Balaban J connectivity index is 2.44. The maximum Gasteiger partial charge on any atom is 0.211 e. The number of imidazole rings is 1. The summed E-state index contributed by atoms with van der Waals surface area (Å²) in [5.41, 5.74) is -1.35. The van der Waals surface area contributed by atoms with E-state index in [9.17, 15) is 0 Å². The quantitative estimate of drug-likeness (QED) is 0.477. The number of aliphatic hydroxyl groups is 3. The monoisotopic (exact) mass is 280 g/mol. The molecule has 5 N–H and O–H groups in total. The van der Waals surface area contributed by atoms with Crippen molar-refractivity contribution in [2.45, 2.75) is 24.4 Å². The Morgan fingerprint density at radius 2 is 2.53 bits per heavy atom. The van der Waals surface area contributed by atoms with E-state index in [0.29, 0.717) is 0 Å². The minimum absolute atomic E-state index is 0.0943. The van der Waals surface area contributed by atoms with E-state index in [1.165, 1.54) is 0 Å². The summed E-state index contributed by atoms with van der Waals surface area (Å²) in [6.45, 7) is -3.66. The Bertz CT molecular complexity index is 1060. The van der Waals surface area contributed by atoms with Crippen molar-refractivity contribution in [1.82, 2.24) is 19.5 Å². The summed E-state index contributed by atoms with van der Waals surface area (Å²) in [5, 5.41) is 12.0. The summed E-state index contributed by atoms with van der Waals surface area (Å²) >= 11 is 0. The van der Waals surface area contributed by atoms with Crippen LogP contribution in [0.5, 0.6) is 0 Å². The van der Waals surface area contributed by atoms with Gasteiger partial charge in [0.2, 0.25) is 4.29 Å². The van der Waals surface area contributed by atoms with Crippen LogP contribution in [0.15, 0.2) is 12.6 Å². The number of nitrogens with zero attached hydrogens (tertiary/aromatic N) is 4. The molecule has 2 aromatic rings. The SMILES string of the molecule is [2H]OC([2H])([2H])[C@@]1([2H])O[C@@]([2H])(n2c([2H])nc3c(N([2H])[2H])nc([2H])nc32)[C@]([2H])(O[2H])C1([2H])O[2H]. The molecule has 1 saturated heterocycles. The first-order valence-corrected chi connectivity index (χ1v) is 4.76. The third kappa shape index (κ3) is 1.75. The first-order chi connectivity index (χ1) is 14.6. The summed E-state index contributed by atoms with van der Waals surface area (Å²) < 4.78 is 106. The van der Waals surface area contributed by atoms with Gasteiger partial charge in [-0.1, -0.05) is 0 Å². The lowest BCUT2D eigenvalue weighted by Gasteiger charge is -2.16. The van der Waals surface area contributed by atoms with Crippen LogP contribution in [0.1, 0.15) is 17.2 Å². The van der Waals surface area contributed by atoms with Crippen LogP contribution in [-0.2, 0) is 4.74 Å². The van der Waals surface area contributed by atoms with Crippen LogP contribution in [-0.4, -0.2) is 63.9 Å². The molecule has 4 atom stereocenters. The lowest BCUT2D eigenvalue weighted by atomic mass is 10.1. The molecule has 102 valence electrons. The highest BCUT2D eigenvalue weighted by atomic mass is 16.6. The Morgan fingerprint density at radius 1 is 1.58 bits per heavy atom. The number of hydrogen-bond donors (Lipinski definition) is 4. The van der Waals surface area contributed by atoms with Gasteiger partial charge in [-0.05, 0) is 0 Å². The Labute approximate surface area is 125 Å². The predicted octanol–water partition coefficient (Wildman–Crippen LogP) is -1.98. The van der Waals surface area contributed by atoms with Crippen molar-refractivity contribution >= 4 is 17.0 Å². The van der Waals surface area contributed by atoms with Crippen LogP contribution < -0.4 is 5.72 Å². The molecule has 0 bridgehead atoms. The van der Waals surface area contributed by atoms with Crippen molar-refractivity contribution < 1.29 is 33.9 Å². The molecule has 2 aromatic heterocycles. The van der Waals surface area contributed by atoms with E-state index < -0.39 is 60.6 Å². The Morgan fingerprint density at radius 3 is 3.32 bits per heavy atom. The average Bonchev–Trinajstić information content (AvgIpc) is 3.12. The van der Waals surface area contributed by atoms with E-state index >= 15 is 0 Å². The highest BCUT2D eigenvalue weighted by Crippen LogP contribution is 2.31. The molecule has 9 heteroatoms. The highest BCUT2D eigenvalue weighted by molar-refractivity contribution is 5.81. The summed E-state index contributed by atoms with van der Waals surface area (Å²) in [6.07, 6.45) is -16.5. The van der Waals surface area contributed by atoms with E-state index in [1.807, 2.05) is 0 Å². The van der Waals surface area contributed by atoms with Gasteiger partial charge in [0.05, 0.1) is 21.1 Å². The highest BCUT2D eigenvalue weighted by Gasteiger charge is 2.43. The van der Waals surface area contributed by atoms with Gasteiger partial charge in [0.15, 0.2) is 20.5 Å². The third-order valence-corrected chi connectivity index (χ3v) is 2.31. The van der Waals surface area contributed by atoms with Crippen LogP contribution in [0.4, 0.5) is 5.82 Å². The molecule has 0 amide bonds. The van der Waals surface area contributed by atoms with Gasteiger partial charge in [0.25, 0.3) is 0 Å². The minimum Gasteiger partial charge on any atom is -0.394 e. The van der Waals surface area contributed by atoms with Crippen LogP contribution >= 0.6 is 0 Å². The van der Waals surface area contributed by atoms with Gasteiger partial charge < -0.3 is 25.8 Å². The fraction of sp³-hybridized carbons (Fsp3) is 0.500. The first kappa shape index (κ1) is 4.35. The van der Waals surface area contributed by atoms with Crippen molar-refractivity contribution in [3.63, 3.8) is 0 Å². The molecule has 1 fully saturated rings. The largest absolute Gasteiger partial charge is 0.394 e. The van der Waals surface area contributed by atoms with Crippen molar-refractivity contribution in [2.24, 2.45) is 0 Å². The molecule has 0 aliphatic carbocycles. The number of hydrogen-bond acceptors (Lipinski definition) is 8. The van der Waals surface area contributed by atoms with Gasteiger partial charge in [0, 0.05) is 0 Å². The molecule has 3 heterocycles. The molecule has 19 heavy (non-hydrogen) atoms. The predicted molar refractivity (Wildman–Crippen MR) is 62.7 cm³/mol. The molecule has 0 aromatic carbocycles. The van der Waals surface area contributed by atoms with E-state index in [-0.39, 0.29) is 10.3 Å². The number of anilines is 1. The first-order valence-electron chi connectivity index (χ1n) is 10.9. The van der Waals surface area contributed by atoms with E-state index in [4.69, 9.17) is 22.8 Å². The summed E-state index contributed by atoms with van der Waals surface area (Å²) in [4.78, 5) is 10.7. The summed E-state index contributed by atoms with van der Waals surface area (Å²) in [5.74, 6) is -0.646. The van der Waals surface area contributed by atoms with E-state index in [2.05, 4.69) is 30.3 Å². The smallest absolute Gasteiger partial charge is 0.211 e. The molecule has 0 saturated carbocycles. The number of rotatable bonds is 6. The topological polar surface area (TPSA) is 140 Å². The maximum absolute atomic E-state index is 8.67. The van der Waals surface area contributed by atoms with Gasteiger partial charge in [-0.3, -0.25) is 4.57 Å².